The van der Waals surface area contributed by atoms with E-state index in [1.165, 1.54) is 0 Å². The zero-order valence-corrected chi connectivity index (χ0v) is 10.3. The molecule has 0 aliphatic heterocycles. The molecule has 1 N–H and O–H groups in total. The zero-order valence-electron chi connectivity index (χ0n) is 10.3. The van der Waals surface area contributed by atoms with Crippen LogP contribution in [0.1, 0.15) is 27.7 Å². The summed E-state index contributed by atoms with van der Waals surface area (Å²) in [5, 5.41) is 3.04. The monoisotopic (exact) mass is 200 g/mol. The third-order valence-electron chi connectivity index (χ3n) is 3.04. The van der Waals surface area contributed by atoms with Crippen molar-refractivity contribution in [2.24, 2.45) is 11.3 Å². The van der Waals surface area contributed by atoms with Crippen molar-refractivity contribution in [3.8, 4) is 0 Å². The smallest absolute Gasteiger partial charge is 0.228 e. The Kier molecular flexibility index (Phi) is 5.13. The first-order valence-electron chi connectivity index (χ1n) is 5.24. The highest BCUT2D eigenvalue weighted by molar-refractivity contribution is 5.81. The van der Waals surface area contributed by atoms with Crippen molar-refractivity contribution in [3.05, 3.63) is 0 Å². The predicted molar refractivity (Wildman–Crippen MR) is 60.2 cm³/mol. The number of nitrogens with zero attached hydrogens (tertiary/aromatic N) is 1. The fraction of sp³-hybridized carbons (Fsp3) is 0.909. The molecule has 0 unspecified atom stereocenters. The van der Waals surface area contributed by atoms with Crippen molar-refractivity contribution in [2.45, 2.75) is 27.7 Å². The molecule has 14 heavy (non-hydrogen) atoms. The lowest BCUT2D eigenvalue weighted by molar-refractivity contribution is -0.141. The maximum absolute atomic E-state index is 12.0. The van der Waals surface area contributed by atoms with Crippen LogP contribution in [0.4, 0.5) is 0 Å². The number of hydrogen-bond donors (Lipinski definition) is 1. The maximum Gasteiger partial charge on any atom is 0.228 e. The number of carbonyl (C=O) groups excluding carboxylic acids is 1. The van der Waals surface area contributed by atoms with Crippen LogP contribution in [0.2, 0.25) is 0 Å². The van der Waals surface area contributed by atoms with Crippen LogP contribution < -0.4 is 5.32 Å². The molecule has 0 aromatic rings. The SMILES string of the molecule is CNCCN(C)C(=O)C(C)(C)C(C)C. The van der Waals surface area contributed by atoms with Gasteiger partial charge in [-0.15, -0.1) is 0 Å². The highest BCUT2D eigenvalue weighted by Gasteiger charge is 2.33. The molecule has 0 rings (SSSR count). The second-order valence-corrected chi connectivity index (χ2v) is 4.71. The molecule has 84 valence electrons. The van der Waals surface area contributed by atoms with E-state index in [0.29, 0.717) is 5.92 Å². The van der Waals surface area contributed by atoms with Gasteiger partial charge in [-0.25, -0.2) is 0 Å². The van der Waals surface area contributed by atoms with E-state index >= 15 is 0 Å². The first kappa shape index (κ1) is 13.4. The molecule has 0 saturated heterocycles. The van der Waals surface area contributed by atoms with E-state index in [2.05, 4.69) is 19.2 Å². The molecule has 0 fully saturated rings. The van der Waals surface area contributed by atoms with E-state index in [0.717, 1.165) is 13.1 Å². The van der Waals surface area contributed by atoms with Gasteiger partial charge in [-0.1, -0.05) is 27.7 Å². The summed E-state index contributed by atoms with van der Waals surface area (Å²) in [7, 11) is 3.76. The Bertz CT molecular complexity index is 188. The van der Waals surface area contributed by atoms with Crippen LogP contribution in [0.5, 0.6) is 0 Å². The fourth-order valence-corrected chi connectivity index (χ4v) is 1.12. The first-order valence-corrected chi connectivity index (χ1v) is 5.24. The Morgan fingerprint density at radius 1 is 1.43 bits per heavy atom. The van der Waals surface area contributed by atoms with Crippen LogP contribution in [0.25, 0.3) is 0 Å². The van der Waals surface area contributed by atoms with E-state index in [-0.39, 0.29) is 11.3 Å². The van der Waals surface area contributed by atoms with E-state index in [1.807, 2.05) is 27.9 Å². The highest BCUT2D eigenvalue weighted by Crippen LogP contribution is 2.27. The number of carbonyl (C=O) groups is 1. The molecule has 1 amide bonds. The van der Waals surface area contributed by atoms with Crippen molar-refractivity contribution < 1.29 is 4.79 Å². The molecule has 0 spiro atoms. The summed E-state index contributed by atoms with van der Waals surface area (Å²) in [6, 6.07) is 0. The van der Waals surface area contributed by atoms with Crippen LogP contribution in [-0.4, -0.2) is 38.0 Å². The lowest BCUT2D eigenvalue weighted by atomic mass is 9.80. The van der Waals surface area contributed by atoms with Crippen molar-refractivity contribution in [1.82, 2.24) is 10.2 Å². The molecular weight excluding hydrogens is 176 g/mol. The van der Waals surface area contributed by atoms with Gasteiger partial charge in [0, 0.05) is 25.6 Å². The number of amides is 1. The molecule has 3 nitrogen and oxygen atoms in total. The summed E-state index contributed by atoms with van der Waals surface area (Å²) in [6.45, 7) is 9.81. The van der Waals surface area contributed by atoms with Crippen molar-refractivity contribution in [1.29, 1.82) is 0 Å². The third-order valence-corrected chi connectivity index (χ3v) is 3.04. The summed E-state index contributed by atoms with van der Waals surface area (Å²) in [6.07, 6.45) is 0. The van der Waals surface area contributed by atoms with Gasteiger partial charge in [0.2, 0.25) is 5.91 Å². The van der Waals surface area contributed by atoms with Gasteiger partial charge in [-0.3, -0.25) is 4.79 Å². The molecule has 0 heterocycles. The van der Waals surface area contributed by atoms with Crippen molar-refractivity contribution in [3.63, 3.8) is 0 Å². The van der Waals surface area contributed by atoms with Gasteiger partial charge in [0.15, 0.2) is 0 Å². The lowest BCUT2D eigenvalue weighted by Crippen LogP contribution is -2.43. The average Bonchev–Trinajstić information content (AvgIpc) is 2.12. The second-order valence-electron chi connectivity index (χ2n) is 4.71. The van der Waals surface area contributed by atoms with Crippen LogP contribution in [0.15, 0.2) is 0 Å². The van der Waals surface area contributed by atoms with Crippen LogP contribution in [0, 0.1) is 11.3 Å². The Morgan fingerprint density at radius 3 is 2.29 bits per heavy atom. The van der Waals surface area contributed by atoms with Crippen molar-refractivity contribution in [2.75, 3.05) is 27.2 Å². The fourth-order valence-electron chi connectivity index (χ4n) is 1.12. The van der Waals surface area contributed by atoms with Gasteiger partial charge in [0.25, 0.3) is 0 Å². The molecule has 0 aromatic heterocycles. The number of nitrogens with one attached hydrogen (secondary N) is 1. The standard InChI is InChI=1S/C11H24N2O/c1-9(2)11(3,4)10(14)13(6)8-7-12-5/h9,12H,7-8H2,1-6H3. The molecule has 0 saturated carbocycles. The minimum absolute atomic E-state index is 0.225. The largest absolute Gasteiger partial charge is 0.344 e. The summed E-state index contributed by atoms with van der Waals surface area (Å²) in [5.41, 5.74) is -0.261. The Labute approximate surface area is 87.9 Å². The van der Waals surface area contributed by atoms with Gasteiger partial charge in [0.1, 0.15) is 0 Å². The molecule has 0 atom stereocenters. The molecule has 3 heteroatoms. The van der Waals surface area contributed by atoms with Gasteiger partial charge < -0.3 is 10.2 Å². The Hall–Kier alpha value is -0.570. The van der Waals surface area contributed by atoms with E-state index in [9.17, 15) is 4.79 Å². The summed E-state index contributed by atoms with van der Waals surface area (Å²) in [4.78, 5) is 13.8. The average molecular weight is 200 g/mol. The molecule has 0 aliphatic rings. The number of likely N-dealkylation sites (N-methyl/N-ethyl adjacent to an activating group) is 2. The van der Waals surface area contributed by atoms with Crippen LogP contribution in [0.3, 0.4) is 0 Å². The van der Waals surface area contributed by atoms with E-state index in [4.69, 9.17) is 0 Å². The summed E-state index contributed by atoms with van der Waals surface area (Å²) in [5.74, 6) is 0.592. The predicted octanol–water partition coefficient (Wildman–Crippen LogP) is 1.35. The minimum Gasteiger partial charge on any atom is -0.344 e. The van der Waals surface area contributed by atoms with Gasteiger partial charge in [-0.05, 0) is 13.0 Å². The number of rotatable bonds is 5. The third kappa shape index (κ3) is 3.29. The van der Waals surface area contributed by atoms with Gasteiger partial charge in [0.05, 0.1) is 0 Å². The molecule has 0 radical (unpaired) electrons. The Balaban J connectivity index is 4.30. The van der Waals surface area contributed by atoms with Crippen LogP contribution >= 0.6 is 0 Å². The second kappa shape index (κ2) is 5.35. The topological polar surface area (TPSA) is 32.3 Å². The molecular formula is C11H24N2O. The van der Waals surface area contributed by atoms with E-state index < -0.39 is 0 Å². The normalized spacial score (nSPS) is 11.9. The minimum atomic E-state index is -0.261. The first-order chi connectivity index (χ1) is 6.34. The number of hydrogen-bond acceptors (Lipinski definition) is 2. The quantitative estimate of drug-likeness (QED) is 0.726. The van der Waals surface area contributed by atoms with Crippen molar-refractivity contribution >= 4 is 5.91 Å². The molecule has 0 bridgehead atoms. The highest BCUT2D eigenvalue weighted by atomic mass is 16.2. The zero-order chi connectivity index (χ0) is 11.4. The maximum atomic E-state index is 12.0. The lowest BCUT2D eigenvalue weighted by Gasteiger charge is -2.32. The van der Waals surface area contributed by atoms with Gasteiger partial charge >= 0.3 is 0 Å². The Morgan fingerprint density at radius 2 is 1.93 bits per heavy atom. The molecule has 0 aromatic carbocycles. The molecule has 0 aliphatic carbocycles. The van der Waals surface area contributed by atoms with Gasteiger partial charge in [-0.2, -0.15) is 0 Å². The van der Waals surface area contributed by atoms with E-state index in [1.54, 1.807) is 4.90 Å². The van der Waals surface area contributed by atoms with Crippen LogP contribution in [-0.2, 0) is 4.79 Å². The summed E-state index contributed by atoms with van der Waals surface area (Å²) >= 11 is 0. The summed E-state index contributed by atoms with van der Waals surface area (Å²) < 4.78 is 0.